The van der Waals surface area contributed by atoms with Gasteiger partial charge in [-0.15, -0.1) is 0 Å². The Morgan fingerprint density at radius 2 is 1.74 bits per heavy atom. The van der Waals surface area contributed by atoms with Gasteiger partial charge in [-0.05, 0) is 66.9 Å². The lowest BCUT2D eigenvalue weighted by Gasteiger charge is -2.46. The molecule has 5 atom stereocenters. The number of rotatable bonds is 7. The molecule has 2 saturated carbocycles. The van der Waals surface area contributed by atoms with Crippen molar-refractivity contribution in [2.75, 3.05) is 0 Å². The van der Waals surface area contributed by atoms with Gasteiger partial charge in [0.25, 0.3) is 0 Å². The lowest BCUT2D eigenvalue weighted by atomic mass is 9.62. The molecular weight excluding hydrogens is 352 g/mol. The zero-order chi connectivity index (χ0) is 19.7. The van der Waals surface area contributed by atoms with Crippen LogP contribution in [0.5, 0.6) is 0 Å². The Kier molecular flexibility index (Phi) is 6.40. The number of sulfone groups is 1. The molecule has 3 rings (SSSR count). The van der Waals surface area contributed by atoms with E-state index in [2.05, 4.69) is 27.7 Å². The van der Waals surface area contributed by atoms with E-state index in [-0.39, 0.29) is 10.7 Å². The molecule has 3 heteroatoms. The molecular formula is C24H38O2S. The topological polar surface area (TPSA) is 34.1 Å². The second kappa shape index (κ2) is 8.27. The summed E-state index contributed by atoms with van der Waals surface area (Å²) in [5.74, 6) is 2.49. The summed E-state index contributed by atoms with van der Waals surface area (Å²) in [6.45, 7) is 9.45. The maximum Gasteiger partial charge on any atom is 0.181 e. The summed E-state index contributed by atoms with van der Waals surface area (Å²) in [5.41, 5.74) is 0.196. The fourth-order valence-corrected chi connectivity index (χ4v) is 8.54. The first-order valence-corrected chi connectivity index (χ1v) is 12.6. The van der Waals surface area contributed by atoms with Crippen LogP contribution in [0.25, 0.3) is 0 Å². The van der Waals surface area contributed by atoms with Crippen LogP contribution < -0.4 is 0 Å². The molecule has 0 aliphatic heterocycles. The standard InChI is InChI=1S/C24H38O2S/c1-18(2)10-8-11-19(3)21-15-16-22-23(14-9-17-24(21,22)4)27(25,26)20-12-6-5-7-13-20/h5-7,12-13,18-19,21-23H,8-11,14-17H2,1-4H3/t19-,21-,22+,23-,24-/m1/s1. The van der Waals surface area contributed by atoms with Crippen LogP contribution in [0.4, 0.5) is 0 Å². The lowest BCUT2D eigenvalue weighted by Crippen LogP contribution is -2.44. The maximum absolute atomic E-state index is 13.4. The van der Waals surface area contributed by atoms with Gasteiger partial charge in [-0.3, -0.25) is 0 Å². The molecule has 0 radical (unpaired) electrons. The highest BCUT2D eigenvalue weighted by Gasteiger charge is 2.55. The summed E-state index contributed by atoms with van der Waals surface area (Å²) in [7, 11) is -3.23. The van der Waals surface area contributed by atoms with Gasteiger partial charge in [0.05, 0.1) is 10.1 Å². The maximum atomic E-state index is 13.4. The number of fused-ring (bicyclic) bond motifs is 1. The van der Waals surface area contributed by atoms with Gasteiger partial charge in [0.1, 0.15) is 0 Å². The van der Waals surface area contributed by atoms with Crippen molar-refractivity contribution in [3.05, 3.63) is 30.3 Å². The first-order valence-electron chi connectivity index (χ1n) is 11.1. The molecule has 1 aromatic carbocycles. The lowest BCUT2D eigenvalue weighted by molar-refractivity contribution is 0.0682. The molecule has 2 aliphatic rings. The minimum absolute atomic E-state index is 0.188. The van der Waals surface area contributed by atoms with Gasteiger partial charge in [-0.25, -0.2) is 8.42 Å². The fourth-order valence-electron chi connectivity index (χ4n) is 6.30. The quantitative estimate of drug-likeness (QED) is 0.532. The second-order valence-corrected chi connectivity index (χ2v) is 12.1. The van der Waals surface area contributed by atoms with Crippen LogP contribution in [0.3, 0.4) is 0 Å². The second-order valence-electron chi connectivity index (χ2n) is 9.89. The van der Waals surface area contributed by atoms with Crippen LogP contribution in [0.2, 0.25) is 0 Å². The summed E-state index contributed by atoms with van der Waals surface area (Å²) in [6, 6.07) is 9.16. The molecule has 0 spiro atoms. The summed E-state index contributed by atoms with van der Waals surface area (Å²) in [4.78, 5) is 0.521. The van der Waals surface area contributed by atoms with Gasteiger partial charge in [-0.1, -0.05) is 71.6 Å². The Morgan fingerprint density at radius 3 is 2.41 bits per heavy atom. The van der Waals surface area contributed by atoms with Crippen LogP contribution in [0.15, 0.2) is 35.2 Å². The van der Waals surface area contributed by atoms with Gasteiger partial charge in [-0.2, -0.15) is 0 Å². The van der Waals surface area contributed by atoms with E-state index in [4.69, 9.17) is 0 Å². The smallest absolute Gasteiger partial charge is 0.181 e. The molecule has 27 heavy (non-hydrogen) atoms. The average molecular weight is 391 g/mol. The van der Waals surface area contributed by atoms with Gasteiger partial charge >= 0.3 is 0 Å². The molecule has 1 aromatic rings. The third-order valence-corrected chi connectivity index (χ3v) is 10.0. The highest BCUT2D eigenvalue weighted by Crippen LogP contribution is 2.59. The largest absolute Gasteiger partial charge is 0.223 e. The predicted octanol–water partition coefficient (Wildman–Crippen LogP) is 6.51. The SMILES string of the molecule is CC(C)CCC[C@@H](C)[C@H]1CC[C@H]2[C@H](S(=O)(=O)c3ccccc3)CCC[C@]12C. The fraction of sp³-hybridized carbons (Fsp3) is 0.750. The van der Waals surface area contributed by atoms with E-state index in [1.165, 1.54) is 32.1 Å². The molecule has 2 nitrogen and oxygen atoms in total. The average Bonchev–Trinajstić information content (AvgIpc) is 2.99. The monoisotopic (exact) mass is 390 g/mol. The van der Waals surface area contributed by atoms with Crippen molar-refractivity contribution in [2.24, 2.45) is 29.1 Å². The molecule has 0 N–H and O–H groups in total. The van der Waals surface area contributed by atoms with Crippen LogP contribution in [0.1, 0.15) is 79.1 Å². The predicted molar refractivity (Wildman–Crippen MR) is 113 cm³/mol. The van der Waals surface area contributed by atoms with Crippen molar-refractivity contribution in [3.63, 3.8) is 0 Å². The molecule has 0 amide bonds. The molecule has 152 valence electrons. The molecule has 0 bridgehead atoms. The summed E-state index contributed by atoms with van der Waals surface area (Å²) in [6.07, 6.45) is 9.31. The van der Waals surface area contributed by atoms with E-state index in [1.54, 1.807) is 12.1 Å². The van der Waals surface area contributed by atoms with Gasteiger partial charge < -0.3 is 0 Å². The third kappa shape index (κ3) is 4.13. The van der Waals surface area contributed by atoms with Gasteiger partial charge in [0, 0.05) is 0 Å². The summed E-state index contributed by atoms with van der Waals surface area (Å²) < 4.78 is 26.8. The van der Waals surface area contributed by atoms with Crippen molar-refractivity contribution in [2.45, 2.75) is 89.2 Å². The van der Waals surface area contributed by atoms with E-state index < -0.39 is 9.84 Å². The summed E-state index contributed by atoms with van der Waals surface area (Å²) in [5, 5.41) is -0.188. The third-order valence-electron chi connectivity index (χ3n) is 7.73. The van der Waals surface area contributed by atoms with Crippen LogP contribution >= 0.6 is 0 Å². The highest BCUT2D eigenvalue weighted by molar-refractivity contribution is 7.92. The Hall–Kier alpha value is -0.830. The Balaban J connectivity index is 1.78. The van der Waals surface area contributed by atoms with E-state index in [1.807, 2.05) is 18.2 Å². The van der Waals surface area contributed by atoms with Crippen molar-refractivity contribution in [1.29, 1.82) is 0 Å². The Morgan fingerprint density at radius 1 is 1.04 bits per heavy atom. The zero-order valence-corrected chi connectivity index (χ0v) is 18.5. The summed E-state index contributed by atoms with van der Waals surface area (Å²) >= 11 is 0. The van der Waals surface area contributed by atoms with Crippen molar-refractivity contribution < 1.29 is 8.42 Å². The molecule has 0 heterocycles. The van der Waals surface area contributed by atoms with Crippen LogP contribution in [-0.4, -0.2) is 13.7 Å². The minimum atomic E-state index is -3.23. The molecule has 0 unspecified atom stereocenters. The number of benzene rings is 1. The van der Waals surface area contributed by atoms with Gasteiger partial charge in [0.2, 0.25) is 0 Å². The van der Waals surface area contributed by atoms with Crippen LogP contribution in [-0.2, 0) is 9.84 Å². The van der Waals surface area contributed by atoms with Crippen molar-refractivity contribution in [3.8, 4) is 0 Å². The molecule has 2 aliphatic carbocycles. The highest BCUT2D eigenvalue weighted by atomic mass is 32.2. The Labute approximate surface area is 167 Å². The molecule has 0 saturated heterocycles. The Bertz CT molecular complexity index is 709. The number of hydrogen-bond acceptors (Lipinski definition) is 2. The molecule has 2 fully saturated rings. The minimum Gasteiger partial charge on any atom is -0.223 e. The molecule has 0 aromatic heterocycles. The van der Waals surface area contributed by atoms with E-state index in [9.17, 15) is 8.42 Å². The van der Waals surface area contributed by atoms with Crippen molar-refractivity contribution >= 4 is 9.84 Å². The van der Waals surface area contributed by atoms with E-state index >= 15 is 0 Å². The van der Waals surface area contributed by atoms with Gasteiger partial charge in [0.15, 0.2) is 9.84 Å². The first kappa shape index (κ1) is 20.9. The van der Waals surface area contributed by atoms with E-state index in [0.717, 1.165) is 25.2 Å². The van der Waals surface area contributed by atoms with Crippen LogP contribution in [0, 0.1) is 29.1 Å². The zero-order valence-electron chi connectivity index (χ0n) is 17.7. The first-order chi connectivity index (χ1) is 12.8. The van der Waals surface area contributed by atoms with Crippen molar-refractivity contribution in [1.82, 2.24) is 0 Å². The number of hydrogen-bond donors (Lipinski definition) is 0. The van der Waals surface area contributed by atoms with E-state index in [0.29, 0.717) is 22.6 Å². The normalized spacial score (nSPS) is 32.4.